The lowest BCUT2D eigenvalue weighted by Crippen LogP contribution is -2.33. The molecule has 0 fully saturated rings. The van der Waals surface area contributed by atoms with Crippen molar-refractivity contribution in [3.8, 4) is 0 Å². The van der Waals surface area contributed by atoms with E-state index in [1.54, 1.807) is 28.8 Å². The Hall–Kier alpha value is -0.730. The Balaban J connectivity index is 2.08. The van der Waals surface area contributed by atoms with Crippen molar-refractivity contribution >= 4 is 32.7 Å². The van der Waals surface area contributed by atoms with Crippen molar-refractivity contribution in [1.29, 1.82) is 0 Å². The first-order valence-electron chi connectivity index (χ1n) is 5.74. The van der Waals surface area contributed by atoms with E-state index in [1.165, 1.54) is 11.3 Å². The SMILES string of the molecule is CN(C)C(CNS(=O)(=O)c1cccs1)c1cccs1. The van der Waals surface area contributed by atoms with Crippen LogP contribution in [0.2, 0.25) is 0 Å². The lowest BCUT2D eigenvalue weighted by atomic mass is 10.2. The van der Waals surface area contributed by atoms with E-state index in [0.29, 0.717) is 10.8 Å². The van der Waals surface area contributed by atoms with Gasteiger partial charge in [-0.05, 0) is 37.0 Å². The molecule has 19 heavy (non-hydrogen) atoms. The van der Waals surface area contributed by atoms with E-state index < -0.39 is 10.0 Å². The van der Waals surface area contributed by atoms with Crippen LogP contribution in [0, 0.1) is 0 Å². The summed E-state index contributed by atoms with van der Waals surface area (Å²) in [6.07, 6.45) is 0. The standard InChI is InChI=1S/C12H16N2O2S3/c1-14(2)10(11-5-3-7-17-11)9-13-19(15,16)12-6-4-8-18-12/h3-8,10,13H,9H2,1-2H3. The molecule has 0 aromatic carbocycles. The molecule has 0 aliphatic carbocycles. The molecular formula is C12H16N2O2S3. The van der Waals surface area contributed by atoms with Crippen LogP contribution in [0.15, 0.2) is 39.2 Å². The molecule has 2 heterocycles. The van der Waals surface area contributed by atoms with Crippen LogP contribution in [0.25, 0.3) is 0 Å². The topological polar surface area (TPSA) is 49.4 Å². The van der Waals surface area contributed by atoms with Gasteiger partial charge in [0, 0.05) is 11.4 Å². The van der Waals surface area contributed by atoms with Gasteiger partial charge in [0.25, 0.3) is 0 Å². The second-order valence-electron chi connectivity index (χ2n) is 4.28. The second-order valence-corrected chi connectivity index (χ2v) is 8.20. The second kappa shape index (κ2) is 6.15. The third-order valence-corrected chi connectivity index (χ3v) is 6.52. The van der Waals surface area contributed by atoms with Crippen molar-refractivity contribution < 1.29 is 8.42 Å². The quantitative estimate of drug-likeness (QED) is 0.890. The lowest BCUT2D eigenvalue weighted by molar-refractivity contribution is 0.303. The smallest absolute Gasteiger partial charge is 0.250 e. The third kappa shape index (κ3) is 3.64. The van der Waals surface area contributed by atoms with Gasteiger partial charge in [-0.2, -0.15) is 0 Å². The Labute approximate surface area is 121 Å². The molecule has 1 N–H and O–H groups in total. The van der Waals surface area contributed by atoms with E-state index in [4.69, 9.17) is 0 Å². The molecule has 0 saturated carbocycles. The molecule has 0 aliphatic heterocycles. The van der Waals surface area contributed by atoms with E-state index in [9.17, 15) is 8.42 Å². The molecular weight excluding hydrogens is 300 g/mol. The average Bonchev–Trinajstić information content (AvgIpc) is 3.02. The number of sulfonamides is 1. The number of likely N-dealkylation sites (N-methyl/N-ethyl adjacent to an activating group) is 1. The van der Waals surface area contributed by atoms with Gasteiger partial charge in [-0.3, -0.25) is 0 Å². The summed E-state index contributed by atoms with van der Waals surface area (Å²) in [6.45, 7) is 0.369. The molecule has 2 aromatic rings. The van der Waals surface area contributed by atoms with Crippen LogP contribution in [-0.4, -0.2) is 34.0 Å². The van der Waals surface area contributed by atoms with E-state index >= 15 is 0 Å². The highest BCUT2D eigenvalue weighted by atomic mass is 32.2. The molecule has 0 amide bonds. The van der Waals surface area contributed by atoms with Gasteiger partial charge < -0.3 is 4.90 Å². The van der Waals surface area contributed by atoms with Gasteiger partial charge in [0.2, 0.25) is 10.0 Å². The molecule has 4 nitrogen and oxygen atoms in total. The van der Waals surface area contributed by atoms with Gasteiger partial charge in [-0.15, -0.1) is 22.7 Å². The number of nitrogens with one attached hydrogen (secondary N) is 1. The van der Waals surface area contributed by atoms with E-state index in [0.717, 1.165) is 4.88 Å². The lowest BCUT2D eigenvalue weighted by Gasteiger charge is -2.23. The van der Waals surface area contributed by atoms with Crippen LogP contribution in [-0.2, 0) is 10.0 Å². The van der Waals surface area contributed by atoms with Gasteiger partial charge in [0.05, 0.1) is 6.04 Å². The van der Waals surface area contributed by atoms with Crippen molar-refractivity contribution in [3.63, 3.8) is 0 Å². The van der Waals surface area contributed by atoms with Crippen molar-refractivity contribution in [2.24, 2.45) is 0 Å². The zero-order valence-corrected chi connectivity index (χ0v) is 13.2. The molecule has 2 rings (SSSR count). The predicted molar refractivity (Wildman–Crippen MR) is 80.3 cm³/mol. The van der Waals surface area contributed by atoms with Crippen molar-refractivity contribution in [1.82, 2.24) is 9.62 Å². The van der Waals surface area contributed by atoms with E-state index in [1.807, 2.05) is 36.5 Å². The Morgan fingerprint density at radius 3 is 2.42 bits per heavy atom. The monoisotopic (exact) mass is 316 g/mol. The first-order valence-corrected chi connectivity index (χ1v) is 8.98. The summed E-state index contributed by atoms with van der Waals surface area (Å²) in [6, 6.07) is 7.40. The van der Waals surface area contributed by atoms with Gasteiger partial charge in [-0.25, -0.2) is 13.1 Å². The summed E-state index contributed by atoms with van der Waals surface area (Å²) in [5.74, 6) is 0. The Morgan fingerprint density at radius 2 is 1.89 bits per heavy atom. The summed E-state index contributed by atoms with van der Waals surface area (Å²) in [5.41, 5.74) is 0. The molecule has 2 aromatic heterocycles. The van der Waals surface area contributed by atoms with Crippen molar-refractivity contribution in [3.05, 3.63) is 39.9 Å². The normalized spacial score (nSPS) is 13.8. The summed E-state index contributed by atoms with van der Waals surface area (Å²) < 4.78 is 27.2. The Kier molecular flexibility index (Phi) is 4.75. The number of thiophene rings is 2. The number of nitrogens with zero attached hydrogens (tertiary/aromatic N) is 1. The minimum atomic E-state index is -3.39. The number of hydrogen-bond acceptors (Lipinski definition) is 5. The minimum absolute atomic E-state index is 0.0507. The summed E-state index contributed by atoms with van der Waals surface area (Å²) in [5, 5.41) is 3.76. The van der Waals surface area contributed by atoms with Crippen LogP contribution in [0.1, 0.15) is 10.9 Å². The molecule has 104 valence electrons. The summed E-state index contributed by atoms with van der Waals surface area (Å²) >= 11 is 2.86. The highest BCUT2D eigenvalue weighted by Crippen LogP contribution is 2.23. The average molecular weight is 316 g/mol. The van der Waals surface area contributed by atoms with Crippen LogP contribution >= 0.6 is 22.7 Å². The van der Waals surface area contributed by atoms with Crippen molar-refractivity contribution in [2.75, 3.05) is 20.6 Å². The molecule has 0 bridgehead atoms. The zero-order chi connectivity index (χ0) is 13.9. The predicted octanol–water partition coefficient (Wildman–Crippen LogP) is 2.39. The van der Waals surface area contributed by atoms with Crippen LogP contribution in [0.5, 0.6) is 0 Å². The van der Waals surface area contributed by atoms with E-state index in [-0.39, 0.29) is 6.04 Å². The molecule has 0 aliphatic rings. The molecule has 7 heteroatoms. The summed E-state index contributed by atoms with van der Waals surface area (Å²) in [4.78, 5) is 3.17. The zero-order valence-electron chi connectivity index (χ0n) is 10.7. The fourth-order valence-corrected chi connectivity index (χ4v) is 4.69. The Bertz CT molecular complexity index is 589. The van der Waals surface area contributed by atoms with Gasteiger partial charge in [-0.1, -0.05) is 12.1 Å². The van der Waals surface area contributed by atoms with Gasteiger partial charge in [0.1, 0.15) is 4.21 Å². The third-order valence-electron chi connectivity index (χ3n) is 2.72. The van der Waals surface area contributed by atoms with Gasteiger partial charge in [0.15, 0.2) is 0 Å². The maximum atomic E-state index is 12.1. The van der Waals surface area contributed by atoms with Gasteiger partial charge >= 0.3 is 0 Å². The first-order chi connectivity index (χ1) is 9.00. The number of rotatable bonds is 6. The molecule has 0 spiro atoms. The number of hydrogen-bond donors (Lipinski definition) is 1. The fourth-order valence-electron chi connectivity index (χ4n) is 1.69. The molecule has 0 saturated heterocycles. The molecule has 1 atom stereocenters. The maximum Gasteiger partial charge on any atom is 0.250 e. The highest BCUT2D eigenvalue weighted by Gasteiger charge is 2.20. The van der Waals surface area contributed by atoms with Crippen LogP contribution in [0.3, 0.4) is 0 Å². The molecule has 0 radical (unpaired) electrons. The highest BCUT2D eigenvalue weighted by molar-refractivity contribution is 7.91. The Morgan fingerprint density at radius 1 is 1.21 bits per heavy atom. The summed E-state index contributed by atoms with van der Waals surface area (Å²) in [7, 11) is 0.506. The first kappa shape index (κ1) is 14.7. The van der Waals surface area contributed by atoms with Crippen molar-refractivity contribution in [2.45, 2.75) is 10.3 Å². The fraction of sp³-hybridized carbons (Fsp3) is 0.333. The minimum Gasteiger partial charge on any atom is -0.300 e. The maximum absolute atomic E-state index is 12.1. The van der Waals surface area contributed by atoms with Crippen LogP contribution in [0.4, 0.5) is 0 Å². The van der Waals surface area contributed by atoms with Crippen LogP contribution < -0.4 is 4.72 Å². The largest absolute Gasteiger partial charge is 0.300 e. The molecule has 1 unspecified atom stereocenters. The van der Waals surface area contributed by atoms with E-state index in [2.05, 4.69) is 4.72 Å².